The number of thioether (sulfide) groups is 1. The van der Waals surface area contributed by atoms with Crippen molar-refractivity contribution in [3.63, 3.8) is 0 Å². The van der Waals surface area contributed by atoms with Gasteiger partial charge >= 0.3 is 0 Å². The highest BCUT2D eigenvalue weighted by Gasteiger charge is 2.27. The fraction of sp³-hybridized carbons (Fsp3) is 0.391. The molecule has 0 aliphatic heterocycles. The molecule has 0 saturated carbocycles. The number of hydrogen-bond donors (Lipinski definition) is 1. The van der Waals surface area contributed by atoms with Gasteiger partial charge < -0.3 is 10.2 Å². The zero-order valence-electron chi connectivity index (χ0n) is 17.5. The molecule has 0 aliphatic carbocycles. The zero-order valence-corrected chi connectivity index (χ0v) is 19.9. The normalized spacial score (nSPS) is 12.8. The Balaban J connectivity index is 2.14. The minimum atomic E-state index is -0.638. The van der Waals surface area contributed by atoms with Gasteiger partial charge in [-0.1, -0.05) is 54.4 Å². The molecule has 2 aromatic carbocycles. The summed E-state index contributed by atoms with van der Waals surface area (Å²) in [6, 6.07) is 14.6. The summed E-state index contributed by atoms with van der Waals surface area (Å²) >= 11 is 14.3. The molecule has 0 heterocycles. The highest BCUT2D eigenvalue weighted by molar-refractivity contribution is 7.99. The van der Waals surface area contributed by atoms with E-state index in [0.717, 1.165) is 11.3 Å². The molecule has 30 heavy (non-hydrogen) atoms. The average molecular weight is 467 g/mol. The number of amides is 2. The van der Waals surface area contributed by atoms with Crippen LogP contribution in [0.1, 0.15) is 39.2 Å². The number of nitrogens with one attached hydrogen (secondary N) is 1. The van der Waals surface area contributed by atoms with Gasteiger partial charge in [-0.3, -0.25) is 9.59 Å². The van der Waals surface area contributed by atoms with E-state index in [4.69, 9.17) is 23.2 Å². The Morgan fingerprint density at radius 1 is 1.03 bits per heavy atom. The minimum absolute atomic E-state index is 0.0365. The Kier molecular flexibility index (Phi) is 10.0. The molecule has 0 spiro atoms. The highest BCUT2D eigenvalue weighted by Crippen LogP contribution is 2.27. The molecule has 0 saturated heterocycles. The van der Waals surface area contributed by atoms with Gasteiger partial charge in [-0.2, -0.15) is 0 Å². The largest absolute Gasteiger partial charge is 0.352 e. The number of halogens is 2. The molecular weight excluding hydrogens is 439 g/mol. The molecule has 2 atom stereocenters. The lowest BCUT2D eigenvalue weighted by Crippen LogP contribution is -2.49. The fourth-order valence-corrected chi connectivity index (χ4v) is 4.20. The van der Waals surface area contributed by atoms with Crippen LogP contribution in [0, 0.1) is 0 Å². The van der Waals surface area contributed by atoms with Crippen LogP contribution in [0.2, 0.25) is 10.0 Å². The van der Waals surface area contributed by atoms with Crippen LogP contribution in [0.5, 0.6) is 0 Å². The predicted molar refractivity (Wildman–Crippen MR) is 126 cm³/mol. The predicted octanol–water partition coefficient (Wildman–Crippen LogP) is 5.81. The number of nitrogens with zero attached hydrogens (tertiary/aromatic N) is 1. The first-order chi connectivity index (χ1) is 14.3. The van der Waals surface area contributed by atoms with Gasteiger partial charge in [-0.05, 0) is 44.5 Å². The Bertz CT molecular complexity index is 828. The van der Waals surface area contributed by atoms with Crippen molar-refractivity contribution in [2.75, 3.05) is 5.75 Å². The van der Waals surface area contributed by atoms with Crippen LogP contribution in [0.3, 0.4) is 0 Å². The van der Waals surface area contributed by atoms with Gasteiger partial charge in [0.15, 0.2) is 0 Å². The Hall–Kier alpha value is -1.69. The number of benzene rings is 2. The molecule has 0 unspecified atom stereocenters. The number of hydrogen-bond acceptors (Lipinski definition) is 3. The van der Waals surface area contributed by atoms with Gasteiger partial charge in [0.1, 0.15) is 6.04 Å². The molecule has 1 N–H and O–H groups in total. The van der Waals surface area contributed by atoms with Gasteiger partial charge in [-0.15, -0.1) is 11.8 Å². The summed E-state index contributed by atoms with van der Waals surface area (Å²) in [5, 5.41) is 3.92. The first-order valence-corrected chi connectivity index (χ1v) is 11.8. The van der Waals surface area contributed by atoms with Crippen molar-refractivity contribution >= 4 is 46.8 Å². The van der Waals surface area contributed by atoms with E-state index in [1.54, 1.807) is 41.8 Å². The van der Waals surface area contributed by atoms with Crippen LogP contribution in [-0.2, 0) is 16.1 Å². The molecular formula is C23H28Cl2N2O2S. The smallest absolute Gasteiger partial charge is 0.242 e. The van der Waals surface area contributed by atoms with E-state index in [1.807, 2.05) is 44.2 Å². The van der Waals surface area contributed by atoms with Crippen LogP contribution in [0.15, 0.2) is 53.4 Å². The zero-order chi connectivity index (χ0) is 22.1. The van der Waals surface area contributed by atoms with Crippen LogP contribution >= 0.6 is 35.0 Å². The van der Waals surface area contributed by atoms with Gasteiger partial charge in [0.25, 0.3) is 0 Å². The van der Waals surface area contributed by atoms with Gasteiger partial charge in [-0.25, -0.2) is 0 Å². The van der Waals surface area contributed by atoms with E-state index < -0.39 is 6.04 Å². The summed E-state index contributed by atoms with van der Waals surface area (Å²) in [5.74, 6) is 0.327. The first kappa shape index (κ1) is 24.6. The van der Waals surface area contributed by atoms with E-state index in [-0.39, 0.29) is 24.4 Å². The lowest BCUT2D eigenvalue weighted by Gasteiger charge is -2.30. The maximum atomic E-state index is 13.1. The van der Waals surface area contributed by atoms with Gasteiger partial charge in [0, 0.05) is 45.3 Å². The van der Waals surface area contributed by atoms with Crippen LogP contribution in [-0.4, -0.2) is 34.6 Å². The van der Waals surface area contributed by atoms with Gasteiger partial charge in [0.05, 0.1) is 0 Å². The second kappa shape index (κ2) is 12.2. The van der Waals surface area contributed by atoms with Crippen LogP contribution < -0.4 is 5.32 Å². The molecule has 2 amide bonds. The third kappa shape index (κ3) is 7.22. The van der Waals surface area contributed by atoms with Crippen LogP contribution in [0.4, 0.5) is 0 Å². The third-order valence-electron chi connectivity index (χ3n) is 4.89. The summed E-state index contributed by atoms with van der Waals surface area (Å²) in [6.07, 6.45) is 1.12. The lowest BCUT2D eigenvalue weighted by atomic mass is 10.1. The molecule has 162 valence electrons. The Labute approximate surface area is 193 Å². The SMILES string of the molecule is CC[C@H](C)NC(=O)[C@@H](C)N(Cc1c(Cl)cccc1Cl)C(=O)CCSc1ccccc1. The monoisotopic (exact) mass is 466 g/mol. The van der Waals surface area contributed by atoms with Crippen molar-refractivity contribution < 1.29 is 9.59 Å². The minimum Gasteiger partial charge on any atom is -0.352 e. The van der Waals surface area contributed by atoms with Crippen molar-refractivity contribution in [3.8, 4) is 0 Å². The molecule has 0 bridgehead atoms. The first-order valence-electron chi connectivity index (χ1n) is 10.0. The summed E-state index contributed by atoms with van der Waals surface area (Å²) in [4.78, 5) is 28.5. The number of rotatable bonds is 10. The highest BCUT2D eigenvalue weighted by atomic mass is 35.5. The second-order valence-electron chi connectivity index (χ2n) is 7.13. The summed E-state index contributed by atoms with van der Waals surface area (Å²) < 4.78 is 0. The molecule has 0 radical (unpaired) electrons. The average Bonchev–Trinajstić information content (AvgIpc) is 2.73. The Morgan fingerprint density at radius 2 is 1.67 bits per heavy atom. The maximum Gasteiger partial charge on any atom is 0.242 e. The topological polar surface area (TPSA) is 49.4 Å². The number of carbonyl (C=O) groups excluding carboxylic acids is 2. The fourth-order valence-electron chi connectivity index (χ4n) is 2.82. The van der Waals surface area contributed by atoms with Crippen molar-refractivity contribution in [2.24, 2.45) is 0 Å². The molecule has 7 heteroatoms. The van der Waals surface area contributed by atoms with E-state index in [1.165, 1.54) is 0 Å². The van der Waals surface area contributed by atoms with E-state index in [0.29, 0.717) is 27.8 Å². The maximum absolute atomic E-state index is 13.1. The summed E-state index contributed by atoms with van der Waals surface area (Å²) in [7, 11) is 0. The summed E-state index contributed by atoms with van der Waals surface area (Å²) in [6.45, 7) is 5.87. The van der Waals surface area contributed by atoms with E-state index in [2.05, 4.69) is 5.32 Å². The molecule has 4 nitrogen and oxygen atoms in total. The van der Waals surface area contributed by atoms with E-state index >= 15 is 0 Å². The van der Waals surface area contributed by atoms with Crippen molar-refractivity contribution in [1.82, 2.24) is 10.2 Å². The summed E-state index contributed by atoms with van der Waals surface area (Å²) in [5.41, 5.74) is 0.646. The number of carbonyl (C=O) groups is 2. The lowest BCUT2D eigenvalue weighted by molar-refractivity contribution is -0.140. The molecule has 2 rings (SSSR count). The van der Waals surface area contributed by atoms with Crippen LogP contribution in [0.25, 0.3) is 0 Å². The molecule has 0 aliphatic rings. The van der Waals surface area contributed by atoms with Crippen molar-refractivity contribution in [1.29, 1.82) is 0 Å². The molecule has 2 aromatic rings. The van der Waals surface area contributed by atoms with E-state index in [9.17, 15) is 9.59 Å². The van der Waals surface area contributed by atoms with Crippen molar-refractivity contribution in [2.45, 2.75) is 57.1 Å². The molecule has 0 aromatic heterocycles. The standard InChI is InChI=1S/C23H28Cl2N2O2S/c1-4-16(2)26-23(29)17(3)27(15-19-20(24)11-8-12-21(19)25)22(28)13-14-30-18-9-6-5-7-10-18/h5-12,16-17H,4,13-15H2,1-3H3,(H,26,29)/t16-,17+/m0/s1. The Morgan fingerprint density at radius 3 is 2.27 bits per heavy atom. The van der Waals surface area contributed by atoms with Gasteiger partial charge in [0.2, 0.25) is 11.8 Å². The van der Waals surface area contributed by atoms with Crippen molar-refractivity contribution in [3.05, 3.63) is 64.1 Å². The third-order valence-corrected chi connectivity index (χ3v) is 6.61. The quantitative estimate of drug-likeness (QED) is 0.449. The second-order valence-corrected chi connectivity index (χ2v) is 9.11. The molecule has 0 fully saturated rings.